The fraction of sp³-hybridized carbons (Fsp3) is 0.417. The van der Waals surface area contributed by atoms with Crippen molar-refractivity contribution in [3.05, 3.63) is 34.3 Å². The number of benzene rings is 1. The van der Waals surface area contributed by atoms with E-state index in [2.05, 4.69) is 21.2 Å². The molecule has 3 N–H and O–H groups in total. The quantitative estimate of drug-likeness (QED) is 0.718. The molecule has 0 saturated heterocycles. The molecule has 94 valence electrons. The maximum absolute atomic E-state index is 10.3. The van der Waals surface area contributed by atoms with Crippen LogP contribution < -0.4 is 5.32 Å². The van der Waals surface area contributed by atoms with E-state index in [4.69, 9.17) is 5.11 Å². The van der Waals surface area contributed by atoms with Gasteiger partial charge in [-0.2, -0.15) is 0 Å². The van der Waals surface area contributed by atoms with Crippen LogP contribution in [-0.2, 0) is 11.3 Å². The third-order valence-electron chi connectivity index (χ3n) is 2.34. The highest BCUT2D eigenvalue weighted by Gasteiger charge is 2.07. The Hall–Kier alpha value is -0.910. The van der Waals surface area contributed by atoms with E-state index in [9.17, 15) is 9.90 Å². The molecule has 4 nitrogen and oxygen atoms in total. The SMILES string of the molecule is O=C(O)CCC(O)CNCc1ccccc1Br. The largest absolute Gasteiger partial charge is 0.481 e. The van der Waals surface area contributed by atoms with Gasteiger partial charge < -0.3 is 15.5 Å². The molecule has 1 rings (SSSR count). The fourth-order valence-corrected chi connectivity index (χ4v) is 1.83. The number of aliphatic hydroxyl groups is 1. The third kappa shape index (κ3) is 5.81. The summed E-state index contributed by atoms with van der Waals surface area (Å²) in [5.74, 6) is -0.880. The van der Waals surface area contributed by atoms with Crippen molar-refractivity contribution in [2.24, 2.45) is 0 Å². The fourth-order valence-electron chi connectivity index (χ4n) is 1.41. The number of nitrogens with one attached hydrogen (secondary N) is 1. The molecule has 0 radical (unpaired) electrons. The Labute approximate surface area is 109 Å². The summed E-state index contributed by atoms with van der Waals surface area (Å²) in [5.41, 5.74) is 1.11. The molecule has 1 aromatic rings. The van der Waals surface area contributed by atoms with Crippen LogP contribution in [0.1, 0.15) is 18.4 Å². The Bertz CT molecular complexity index is 371. The summed E-state index contributed by atoms with van der Waals surface area (Å²) in [6.07, 6.45) is -0.343. The van der Waals surface area contributed by atoms with E-state index in [-0.39, 0.29) is 12.8 Å². The van der Waals surface area contributed by atoms with Crippen LogP contribution in [0.25, 0.3) is 0 Å². The maximum atomic E-state index is 10.3. The maximum Gasteiger partial charge on any atom is 0.303 e. The highest BCUT2D eigenvalue weighted by Crippen LogP contribution is 2.15. The van der Waals surface area contributed by atoms with Crippen LogP contribution >= 0.6 is 15.9 Å². The molecule has 1 atom stereocenters. The molecule has 0 bridgehead atoms. The van der Waals surface area contributed by atoms with E-state index in [1.165, 1.54) is 0 Å². The van der Waals surface area contributed by atoms with Gasteiger partial charge in [0.1, 0.15) is 0 Å². The van der Waals surface area contributed by atoms with Gasteiger partial charge in [0, 0.05) is 24.0 Å². The molecule has 1 aromatic carbocycles. The first-order valence-electron chi connectivity index (χ1n) is 5.43. The Balaban J connectivity index is 2.24. The van der Waals surface area contributed by atoms with Crippen molar-refractivity contribution < 1.29 is 15.0 Å². The van der Waals surface area contributed by atoms with E-state index < -0.39 is 12.1 Å². The number of carboxylic acid groups (broad SMARTS) is 1. The molecule has 0 aliphatic carbocycles. The second-order valence-corrected chi connectivity index (χ2v) is 4.66. The monoisotopic (exact) mass is 301 g/mol. The van der Waals surface area contributed by atoms with Crippen molar-refractivity contribution in [2.75, 3.05) is 6.54 Å². The van der Waals surface area contributed by atoms with E-state index >= 15 is 0 Å². The second kappa shape index (κ2) is 7.42. The number of aliphatic hydroxyl groups excluding tert-OH is 1. The zero-order valence-corrected chi connectivity index (χ0v) is 11.0. The molecule has 0 spiro atoms. The zero-order chi connectivity index (χ0) is 12.7. The molecule has 0 aliphatic heterocycles. The van der Waals surface area contributed by atoms with Gasteiger partial charge in [-0.15, -0.1) is 0 Å². The van der Waals surface area contributed by atoms with Gasteiger partial charge in [-0.25, -0.2) is 0 Å². The van der Waals surface area contributed by atoms with Crippen molar-refractivity contribution in [1.82, 2.24) is 5.32 Å². The van der Waals surface area contributed by atoms with Gasteiger partial charge in [0.05, 0.1) is 6.10 Å². The Kier molecular flexibility index (Phi) is 6.18. The predicted molar refractivity (Wildman–Crippen MR) is 68.7 cm³/mol. The molecule has 5 heteroatoms. The highest BCUT2D eigenvalue weighted by atomic mass is 79.9. The molecule has 0 fully saturated rings. The Morgan fingerprint density at radius 3 is 2.76 bits per heavy atom. The third-order valence-corrected chi connectivity index (χ3v) is 3.12. The topological polar surface area (TPSA) is 69.6 Å². The van der Waals surface area contributed by atoms with Crippen LogP contribution in [-0.4, -0.2) is 28.8 Å². The van der Waals surface area contributed by atoms with Gasteiger partial charge in [0.2, 0.25) is 0 Å². The number of hydrogen-bond acceptors (Lipinski definition) is 3. The summed E-state index contributed by atoms with van der Waals surface area (Å²) in [4.78, 5) is 10.3. The lowest BCUT2D eigenvalue weighted by molar-refractivity contribution is -0.137. The summed E-state index contributed by atoms with van der Waals surface area (Å²) < 4.78 is 1.02. The van der Waals surface area contributed by atoms with Crippen LogP contribution in [0.4, 0.5) is 0 Å². The van der Waals surface area contributed by atoms with Gasteiger partial charge in [0.15, 0.2) is 0 Å². The minimum absolute atomic E-state index is 0.00211. The van der Waals surface area contributed by atoms with Crippen molar-refractivity contribution >= 4 is 21.9 Å². The van der Waals surface area contributed by atoms with Crippen molar-refractivity contribution in [3.8, 4) is 0 Å². The zero-order valence-electron chi connectivity index (χ0n) is 9.40. The minimum atomic E-state index is -0.880. The molecule has 0 amide bonds. The van der Waals surface area contributed by atoms with E-state index in [0.29, 0.717) is 13.1 Å². The molecule has 0 aromatic heterocycles. The van der Waals surface area contributed by atoms with Crippen LogP contribution in [0, 0.1) is 0 Å². The minimum Gasteiger partial charge on any atom is -0.481 e. The van der Waals surface area contributed by atoms with Crippen LogP contribution in [0.15, 0.2) is 28.7 Å². The van der Waals surface area contributed by atoms with Gasteiger partial charge in [-0.3, -0.25) is 4.79 Å². The average Bonchev–Trinajstić information content (AvgIpc) is 2.29. The molecule has 0 aliphatic rings. The second-order valence-electron chi connectivity index (χ2n) is 3.81. The standard InChI is InChI=1S/C12H16BrNO3/c13-11-4-2-1-3-9(11)7-14-8-10(15)5-6-12(16)17/h1-4,10,14-15H,5-8H2,(H,16,17). The number of hydrogen-bond donors (Lipinski definition) is 3. The van der Waals surface area contributed by atoms with Crippen molar-refractivity contribution in [1.29, 1.82) is 0 Å². The summed E-state index contributed by atoms with van der Waals surface area (Å²) >= 11 is 3.43. The number of halogens is 1. The van der Waals surface area contributed by atoms with E-state index in [0.717, 1.165) is 10.0 Å². The molecule has 17 heavy (non-hydrogen) atoms. The summed E-state index contributed by atoms with van der Waals surface area (Å²) in [6, 6.07) is 7.83. The average molecular weight is 302 g/mol. The number of rotatable bonds is 7. The van der Waals surface area contributed by atoms with Gasteiger partial charge >= 0.3 is 5.97 Å². The van der Waals surface area contributed by atoms with Gasteiger partial charge in [-0.1, -0.05) is 34.1 Å². The Morgan fingerprint density at radius 1 is 1.41 bits per heavy atom. The number of aliphatic carboxylic acids is 1. The van der Waals surface area contributed by atoms with E-state index in [1.807, 2.05) is 24.3 Å². The normalized spacial score (nSPS) is 12.4. The van der Waals surface area contributed by atoms with Crippen LogP contribution in [0.2, 0.25) is 0 Å². The predicted octanol–water partition coefficient (Wildman–Crippen LogP) is 1.76. The number of carboxylic acids is 1. The summed E-state index contributed by atoms with van der Waals surface area (Å²) in [7, 11) is 0. The molecular weight excluding hydrogens is 286 g/mol. The summed E-state index contributed by atoms with van der Waals surface area (Å²) in [6.45, 7) is 1.04. The van der Waals surface area contributed by atoms with Gasteiger partial charge in [0.25, 0.3) is 0 Å². The first-order valence-corrected chi connectivity index (χ1v) is 6.23. The van der Waals surface area contributed by atoms with Crippen LogP contribution in [0.5, 0.6) is 0 Å². The highest BCUT2D eigenvalue weighted by molar-refractivity contribution is 9.10. The molecule has 0 saturated carbocycles. The number of carbonyl (C=O) groups is 1. The molecular formula is C12H16BrNO3. The molecule has 0 heterocycles. The molecule has 1 unspecified atom stereocenters. The summed E-state index contributed by atoms with van der Waals surface area (Å²) in [5, 5.41) is 21.1. The van der Waals surface area contributed by atoms with Crippen LogP contribution in [0.3, 0.4) is 0 Å². The first-order chi connectivity index (χ1) is 8.09. The van der Waals surface area contributed by atoms with Gasteiger partial charge in [-0.05, 0) is 18.1 Å². The lowest BCUT2D eigenvalue weighted by atomic mass is 10.2. The lowest BCUT2D eigenvalue weighted by Crippen LogP contribution is -2.27. The van der Waals surface area contributed by atoms with Crippen molar-refractivity contribution in [3.63, 3.8) is 0 Å². The van der Waals surface area contributed by atoms with Crippen molar-refractivity contribution in [2.45, 2.75) is 25.5 Å². The lowest BCUT2D eigenvalue weighted by Gasteiger charge is -2.11. The Morgan fingerprint density at radius 2 is 2.12 bits per heavy atom. The first kappa shape index (κ1) is 14.2. The smallest absolute Gasteiger partial charge is 0.303 e. The van der Waals surface area contributed by atoms with E-state index in [1.54, 1.807) is 0 Å².